The predicted molar refractivity (Wildman–Crippen MR) is 77.1 cm³/mol. The van der Waals surface area contributed by atoms with Crippen LogP contribution >= 0.6 is 0 Å². The van der Waals surface area contributed by atoms with Gasteiger partial charge in [-0.25, -0.2) is 4.68 Å². The zero-order valence-corrected chi connectivity index (χ0v) is 12.0. The number of aliphatic hydroxyl groups is 1. The molecule has 1 heterocycles. The number of nitrogens with zero attached hydrogens (tertiary/aromatic N) is 3. The van der Waals surface area contributed by atoms with Crippen molar-refractivity contribution in [3.05, 3.63) is 36.2 Å². The molecule has 0 radical (unpaired) electrons. The Morgan fingerprint density at radius 2 is 2.25 bits per heavy atom. The summed E-state index contributed by atoms with van der Waals surface area (Å²) in [5, 5.41) is 17.0. The van der Waals surface area contributed by atoms with Crippen molar-refractivity contribution in [1.29, 1.82) is 0 Å². The fourth-order valence-electron chi connectivity index (χ4n) is 1.81. The molecule has 0 aliphatic rings. The lowest BCUT2D eigenvalue weighted by molar-refractivity contribution is 0.217. The molecular formula is C15H21N3O2. The van der Waals surface area contributed by atoms with Crippen LogP contribution in [0.2, 0.25) is 0 Å². The Labute approximate surface area is 119 Å². The van der Waals surface area contributed by atoms with E-state index in [0.717, 1.165) is 30.0 Å². The highest BCUT2D eigenvalue weighted by Crippen LogP contribution is 2.18. The van der Waals surface area contributed by atoms with Crippen molar-refractivity contribution in [1.82, 2.24) is 15.0 Å². The van der Waals surface area contributed by atoms with E-state index in [0.29, 0.717) is 6.42 Å². The van der Waals surface area contributed by atoms with Crippen molar-refractivity contribution in [2.75, 3.05) is 6.61 Å². The third kappa shape index (κ3) is 3.81. The fourth-order valence-corrected chi connectivity index (χ4v) is 1.81. The van der Waals surface area contributed by atoms with E-state index in [2.05, 4.69) is 24.2 Å². The molecule has 2 aromatic rings. The summed E-state index contributed by atoms with van der Waals surface area (Å²) in [7, 11) is 0. The van der Waals surface area contributed by atoms with Crippen molar-refractivity contribution in [2.24, 2.45) is 0 Å². The molecular weight excluding hydrogens is 254 g/mol. The first-order chi connectivity index (χ1) is 9.72. The molecule has 0 saturated carbocycles. The molecule has 1 aromatic heterocycles. The number of aryl methyl sites for hydroxylation is 1. The molecule has 1 unspecified atom stereocenters. The molecule has 0 spiro atoms. The van der Waals surface area contributed by atoms with Crippen molar-refractivity contribution >= 4 is 0 Å². The molecule has 0 amide bonds. The molecule has 0 aliphatic heterocycles. The molecule has 5 heteroatoms. The molecule has 2 rings (SSSR count). The van der Waals surface area contributed by atoms with Crippen molar-refractivity contribution < 1.29 is 9.84 Å². The SMILES string of the molecule is CCC(C)Oc1cccc(-n2cc(CCCO)nn2)c1. The van der Waals surface area contributed by atoms with E-state index in [1.165, 1.54) is 0 Å². The molecule has 20 heavy (non-hydrogen) atoms. The maximum absolute atomic E-state index is 8.82. The molecule has 0 bridgehead atoms. The Morgan fingerprint density at radius 1 is 1.40 bits per heavy atom. The lowest BCUT2D eigenvalue weighted by Crippen LogP contribution is -2.09. The van der Waals surface area contributed by atoms with Gasteiger partial charge in [-0.3, -0.25) is 0 Å². The third-order valence-corrected chi connectivity index (χ3v) is 3.13. The van der Waals surface area contributed by atoms with E-state index in [-0.39, 0.29) is 12.7 Å². The number of aromatic nitrogens is 3. The molecule has 1 atom stereocenters. The van der Waals surface area contributed by atoms with Gasteiger partial charge in [0.05, 0.1) is 23.7 Å². The maximum Gasteiger partial charge on any atom is 0.121 e. The Hall–Kier alpha value is -1.88. The number of hydrogen-bond acceptors (Lipinski definition) is 4. The molecule has 5 nitrogen and oxygen atoms in total. The van der Waals surface area contributed by atoms with Crippen molar-refractivity contribution in [3.63, 3.8) is 0 Å². The third-order valence-electron chi connectivity index (χ3n) is 3.13. The number of ether oxygens (including phenoxy) is 1. The summed E-state index contributed by atoms with van der Waals surface area (Å²) in [5.74, 6) is 0.837. The molecule has 0 fully saturated rings. The summed E-state index contributed by atoms with van der Waals surface area (Å²) in [6, 6.07) is 7.81. The first-order valence-electron chi connectivity index (χ1n) is 7.02. The molecule has 0 aliphatic carbocycles. The Balaban J connectivity index is 2.11. The summed E-state index contributed by atoms with van der Waals surface area (Å²) >= 11 is 0. The van der Waals surface area contributed by atoms with Crippen LogP contribution in [0.1, 0.15) is 32.4 Å². The van der Waals surface area contributed by atoms with Gasteiger partial charge in [0, 0.05) is 12.7 Å². The average Bonchev–Trinajstić information content (AvgIpc) is 2.94. The van der Waals surface area contributed by atoms with E-state index in [1.807, 2.05) is 30.5 Å². The summed E-state index contributed by atoms with van der Waals surface area (Å²) in [6.45, 7) is 4.32. The van der Waals surface area contributed by atoms with E-state index in [4.69, 9.17) is 9.84 Å². The summed E-state index contributed by atoms with van der Waals surface area (Å²) < 4.78 is 7.54. The monoisotopic (exact) mass is 275 g/mol. The number of rotatable bonds is 7. The highest BCUT2D eigenvalue weighted by molar-refractivity contribution is 5.38. The summed E-state index contributed by atoms with van der Waals surface area (Å²) in [4.78, 5) is 0. The molecule has 108 valence electrons. The van der Waals surface area contributed by atoms with E-state index in [1.54, 1.807) is 4.68 Å². The molecule has 1 aromatic carbocycles. The van der Waals surface area contributed by atoms with Gasteiger partial charge in [-0.1, -0.05) is 18.2 Å². The number of hydrogen-bond donors (Lipinski definition) is 1. The van der Waals surface area contributed by atoms with E-state index in [9.17, 15) is 0 Å². The van der Waals surface area contributed by atoms with Crippen LogP contribution < -0.4 is 4.74 Å². The average molecular weight is 275 g/mol. The normalized spacial score (nSPS) is 12.3. The first kappa shape index (κ1) is 14.5. The second kappa shape index (κ2) is 7.05. The van der Waals surface area contributed by atoms with Crippen LogP contribution in [0.3, 0.4) is 0 Å². The van der Waals surface area contributed by atoms with Gasteiger partial charge in [-0.15, -0.1) is 5.10 Å². The first-order valence-corrected chi connectivity index (χ1v) is 7.02. The maximum atomic E-state index is 8.82. The van der Waals surface area contributed by atoms with Crippen molar-refractivity contribution in [3.8, 4) is 11.4 Å². The van der Waals surface area contributed by atoms with Gasteiger partial charge in [0.15, 0.2) is 0 Å². The second-order valence-electron chi connectivity index (χ2n) is 4.82. The Bertz CT molecular complexity index is 539. The van der Waals surface area contributed by atoms with Crippen LogP contribution in [0.5, 0.6) is 5.75 Å². The van der Waals surface area contributed by atoms with Gasteiger partial charge in [-0.2, -0.15) is 0 Å². The van der Waals surface area contributed by atoms with Gasteiger partial charge in [0.2, 0.25) is 0 Å². The van der Waals surface area contributed by atoms with Gasteiger partial charge in [-0.05, 0) is 38.3 Å². The minimum absolute atomic E-state index is 0.172. The predicted octanol–water partition coefficient (Wildman–Crippen LogP) is 2.37. The zero-order valence-electron chi connectivity index (χ0n) is 12.0. The van der Waals surface area contributed by atoms with Gasteiger partial charge in [0.1, 0.15) is 5.75 Å². The standard InChI is InChI=1S/C15H21N3O2/c1-3-12(2)20-15-8-4-7-14(10-15)18-11-13(16-17-18)6-5-9-19/h4,7-8,10-12,19H,3,5-6,9H2,1-2H3. The summed E-state index contributed by atoms with van der Waals surface area (Å²) in [6.07, 6.45) is 4.49. The topological polar surface area (TPSA) is 60.2 Å². The van der Waals surface area contributed by atoms with Crippen LogP contribution in [0.15, 0.2) is 30.5 Å². The minimum Gasteiger partial charge on any atom is -0.491 e. The number of aliphatic hydroxyl groups excluding tert-OH is 1. The lowest BCUT2D eigenvalue weighted by atomic mass is 10.2. The van der Waals surface area contributed by atoms with E-state index < -0.39 is 0 Å². The highest BCUT2D eigenvalue weighted by atomic mass is 16.5. The van der Waals surface area contributed by atoms with Gasteiger partial charge >= 0.3 is 0 Å². The largest absolute Gasteiger partial charge is 0.491 e. The number of benzene rings is 1. The van der Waals surface area contributed by atoms with E-state index >= 15 is 0 Å². The van der Waals surface area contributed by atoms with Crippen molar-refractivity contribution in [2.45, 2.75) is 39.2 Å². The Morgan fingerprint density at radius 3 is 3.00 bits per heavy atom. The zero-order chi connectivity index (χ0) is 14.4. The van der Waals surface area contributed by atoms with Gasteiger partial charge in [0.25, 0.3) is 0 Å². The highest BCUT2D eigenvalue weighted by Gasteiger charge is 2.05. The second-order valence-corrected chi connectivity index (χ2v) is 4.82. The smallest absolute Gasteiger partial charge is 0.121 e. The van der Waals surface area contributed by atoms with Crippen LogP contribution in [0, 0.1) is 0 Å². The van der Waals surface area contributed by atoms with Gasteiger partial charge < -0.3 is 9.84 Å². The quantitative estimate of drug-likeness (QED) is 0.842. The Kier molecular flexibility index (Phi) is 5.12. The van der Waals surface area contributed by atoms with Crippen LogP contribution in [0.4, 0.5) is 0 Å². The van der Waals surface area contributed by atoms with Crippen LogP contribution in [-0.2, 0) is 6.42 Å². The van der Waals surface area contributed by atoms with Crippen LogP contribution in [-0.4, -0.2) is 32.8 Å². The van der Waals surface area contributed by atoms with Crippen LogP contribution in [0.25, 0.3) is 5.69 Å². The lowest BCUT2D eigenvalue weighted by Gasteiger charge is -2.13. The molecule has 0 saturated heterocycles. The summed E-state index contributed by atoms with van der Waals surface area (Å²) in [5.41, 5.74) is 1.81. The minimum atomic E-state index is 0.172. The fraction of sp³-hybridized carbons (Fsp3) is 0.467. The molecule has 1 N–H and O–H groups in total.